The molecule has 3 unspecified atom stereocenters. The van der Waals surface area contributed by atoms with E-state index in [2.05, 4.69) is 20.8 Å². The van der Waals surface area contributed by atoms with E-state index >= 15 is 0 Å². The number of halogens is 1. The molecule has 1 fully saturated rings. The Morgan fingerprint density at radius 1 is 1.11 bits per heavy atom. The SMILES string of the molecule is COc1ccc(N(C)S(=O)(=O)c2ccc(Cl)c(C(=O)OCC(=O)OC3CC(C)CCC3C(C)C)c2)cc1. The third-order valence-electron chi connectivity index (χ3n) is 6.82. The number of ether oxygens (including phenoxy) is 3. The van der Waals surface area contributed by atoms with E-state index in [1.165, 1.54) is 26.3 Å². The minimum Gasteiger partial charge on any atom is -0.497 e. The van der Waals surface area contributed by atoms with Gasteiger partial charge in [-0.05, 0) is 73.1 Å². The van der Waals surface area contributed by atoms with Gasteiger partial charge in [0.25, 0.3) is 10.0 Å². The first-order chi connectivity index (χ1) is 17.4. The highest BCUT2D eigenvalue weighted by Gasteiger charge is 2.33. The molecule has 3 atom stereocenters. The molecule has 10 heteroatoms. The molecule has 37 heavy (non-hydrogen) atoms. The summed E-state index contributed by atoms with van der Waals surface area (Å²) in [6.45, 7) is 5.76. The van der Waals surface area contributed by atoms with Crippen molar-refractivity contribution in [3.63, 3.8) is 0 Å². The number of anilines is 1. The van der Waals surface area contributed by atoms with Gasteiger partial charge in [-0.3, -0.25) is 4.31 Å². The molecule has 2 aromatic rings. The topological polar surface area (TPSA) is 99.2 Å². The minimum atomic E-state index is -4.02. The lowest BCUT2D eigenvalue weighted by atomic mass is 9.75. The van der Waals surface area contributed by atoms with Crippen molar-refractivity contribution in [1.29, 1.82) is 0 Å². The van der Waals surface area contributed by atoms with Crippen molar-refractivity contribution in [3.8, 4) is 5.75 Å². The minimum absolute atomic E-state index is 0.00500. The van der Waals surface area contributed by atoms with Gasteiger partial charge in [-0.1, -0.05) is 38.8 Å². The highest BCUT2D eigenvalue weighted by atomic mass is 35.5. The smallest absolute Gasteiger partial charge is 0.344 e. The summed E-state index contributed by atoms with van der Waals surface area (Å²) in [5.74, 6) is 0.111. The quantitative estimate of drug-likeness (QED) is 0.388. The molecule has 0 saturated heterocycles. The number of hydrogen-bond acceptors (Lipinski definition) is 7. The summed E-state index contributed by atoms with van der Waals surface area (Å²) < 4.78 is 43.4. The lowest BCUT2D eigenvalue weighted by Crippen LogP contribution is -2.36. The number of carbonyl (C=O) groups is 2. The van der Waals surface area contributed by atoms with Crippen LogP contribution in [0.3, 0.4) is 0 Å². The van der Waals surface area contributed by atoms with Crippen LogP contribution >= 0.6 is 11.6 Å². The summed E-state index contributed by atoms with van der Waals surface area (Å²) in [4.78, 5) is 25.1. The second kappa shape index (κ2) is 12.2. The largest absolute Gasteiger partial charge is 0.497 e. The summed E-state index contributed by atoms with van der Waals surface area (Å²) in [6, 6.07) is 10.2. The molecular weight excluding hydrogens is 518 g/mol. The molecule has 8 nitrogen and oxygen atoms in total. The number of carbonyl (C=O) groups excluding carboxylic acids is 2. The highest BCUT2D eigenvalue weighted by molar-refractivity contribution is 7.92. The summed E-state index contributed by atoms with van der Waals surface area (Å²) in [6.07, 6.45) is 2.63. The maximum absolute atomic E-state index is 13.2. The van der Waals surface area contributed by atoms with Crippen LogP contribution in [0.1, 0.15) is 50.4 Å². The Kier molecular flexibility index (Phi) is 9.47. The third kappa shape index (κ3) is 6.96. The van der Waals surface area contributed by atoms with Crippen LogP contribution in [0, 0.1) is 17.8 Å². The molecular formula is C27H34ClNO7S. The number of sulfonamides is 1. The molecule has 0 N–H and O–H groups in total. The van der Waals surface area contributed by atoms with Crippen LogP contribution in [0.5, 0.6) is 5.75 Å². The van der Waals surface area contributed by atoms with E-state index in [1.807, 2.05) is 0 Å². The molecule has 0 radical (unpaired) electrons. The van der Waals surface area contributed by atoms with E-state index in [4.69, 9.17) is 25.8 Å². The molecule has 0 heterocycles. The van der Waals surface area contributed by atoms with Gasteiger partial charge in [0.15, 0.2) is 6.61 Å². The number of hydrogen-bond donors (Lipinski definition) is 0. The molecule has 0 bridgehead atoms. The molecule has 0 amide bonds. The Morgan fingerprint density at radius 2 is 1.78 bits per heavy atom. The van der Waals surface area contributed by atoms with Crippen molar-refractivity contribution in [1.82, 2.24) is 0 Å². The average Bonchev–Trinajstić information content (AvgIpc) is 2.86. The number of benzene rings is 2. The van der Waals surface area contributed by atoms with Crippen LogP contribution in [0.4, 0.5) is 5.69 Å². The summed E-state index contributed by atoms with van der Waals surface area (Å²) in [5, 5.41) is 0.00500. The molecule has 0 aromatic heterocycles. The van der Waals surface area contributed by atoms with Crippen LogP contribution in [-0.2, 0) is 24.3 Å². The lowest BCUT2D eigenvalue weighted by molar-refractivity contribution is -0.159. The Hall–Kier alpha value is -2.78. The molecule has 2 aromatic carbocycles. The van der Waals surface area contributed by atoms with Crippen molar-refractivity contribution in [2.45, 2.75) is 51.0 Å². The van der Waals surface area contributed by atoms with Gasteiger partial charge in [0, 0.05) is 7.05 Å². The van der Waals surface area contributed by atoms with Crippen LogP contribution in [0.15, 0.2) is 47.4 Å². The van der Waals surface area contributed by atoms with Gasteiger partial charge in [0.1, 0.15) is 11.9 Å². The van der Waals surface area contributed by atoms with Gasteiger partial charge < -0.3 is 14.2 Å². The van der Waals surface area contributed by atoms with Crippen molar-refractivity contribution in [2.75, 3.05) is 25.1 Å². The lowest BCUT2D eigenvalue weighted by Gasteiger charge is -2.36. The Labute approximate surface area is 223 Å². The molecule has 1 aliphatic carbocycles. The fourth-order valence-corrected chi connectivity index (χ4v) is 5.98. The first-order valence-corrected chi connectivity index (χ1v) is 14.0. The monoisotopic (exact) mass is 551 g/mol. The van der Waals surface area contributed by atoms with Crippen molar-refractivity contribution >= 4 is 39.3 Å². The fourth-order valence-electron chi connectivity index (χ4n) is 4.57. The van der Waals surface area contributed by atoms with E-state index in [-0.39, 0.29) is 27.5 Å². The second-order valence-corrected chi connectivity index (χ2v) is 12.1. The Bertz CT molecular complexity index is 1210. The first kappa shape index (κ1) is 28.8. The van der Waals surface area contributed by atoms with Gasteiger partial charge in [-0.15, -0.1) is 0 Å². The maximum Gasteiger partial charge on any atom is 0.344 e. The summed E-state index contributed by atoms with van der Waals surface area (Å²) in [5.41, 5.74) is 0.240. The Balaban J connectivity index is 1.69. The first-order valence-electron chi connectivity index (χ1n) is 12.2. The van der Waals surface area contributed by atoms with E-state index < -0.39 is 28.6 Å². The van der Waals surface area contributed by atoms with Gasteiger partial charge in [0.2, 0.25) is 0 Å². The standard InChI is InChI=1S/C27H34ClNO7S/c1-17(2)22-12-6-18(3)14-25(22)36-26(30)16-35-27(31)23-15-21(11-13-24(23)28)37(32,33)29(4)19-7-9-20(34-5)10-8-19/h7-11,13,15,17-18,22,25H,6,12,14,16H2,1-5H3. The number of nitrogens with zero attached hydrogens (tertiary/aromatic N) is 1. The number of esters is 2. The molecule has 0 aliphatic heterocycles. The van der Waals surface area contributed by atoms with Gasteiger partial charge in [-0.25, -0.2) is 18.0 Å². The number of rotatable bonds is 9. The Morgan fingerprint density at radius 3 is 2.41 bits per heavy atom. The average molecular weight is 552 g/mol. The van der Waals surface area contributed by atoms with Gasteiger partial charge >= 0.3 is 11.9 Å². The summed E-state index contributed by atoms with van der Waals surface area (Å²) >= 11 is 6.17. The van der Waals surface area contributed by atoms with Gasteiger partial charge in [-0.2, -0.15) is 0 Å². The summed E-state index contributed by atoms with van der Waals surface area (Å²) in [7, 11) is -1.10. The normalized spacial score (nSPS) is 19.8. The van der Waals surface area contributed by atoms with Crippen LogP contribution in [0.2, 0.25) is 5.02 Å². The zero-order valence-electron chi connectivity index (χ0n) is 21.8. The van der Waals surface area contributed by atoms with Crippen LogP contribution in [0.25, 0.3) is 0 Å². The van der Waals surface area contributed by atoms with Crippen molar-refractivity contribution in [3.05, 3.63) is 53.1 Å². The van der Waals surface area contributed by atoms with Crippen LogP contribution in [-0.4, -0.2) is 47.2 Å². The molecule has 0 spiro atoms. The zero-order chi connectivity index (χ0) is 27.3. The van der Waals surface area contributed by atoms with E-state index in [0.717, 1.165) is 29.6 Å². The molecule has 202 valence electrons. The van der Waals surface area contributed by atoms with E-state index in [9.17, 15) is 18.0 Å². The fraction of sp³-hybridized carbons (Fsp3) is 0.481. The van der Waals surface area contributed by atoms with Gasteiger partial charge in [0.05, 0.1) is 28.3 Å². The zero-order valence-corrected chi connectivity index (χ0v) is 23.3. The molecule has 1 saturated carbocycles. The maximum atomic E-state index is 13.2. The predicted molar refractivity (Wildman–Crippen MR) is 142 cm³/mol. The van der Waals surface area contributed by atoms with Crippen molar-refractivity contribution in [2.24, 2.45) is 17.8 Å². The highest BCUT2D eigenvalue weighted by Crippen LogP contribution is 2.35. The van der Waals surface area contributed by atoms with Crippen LogP contribution < -0.4 is 9.04 Å². The third-order valence-corrected chi connectivity index (χ3v) is 8.93. The second-order valence-electron chi connectivity index (χ2n) is 9.74. The van der Waals surface area contributed by atoms with Crippen molar-refractivity contribution < 1.29 is 32.2 Å². The van der Waals surface area contributed by atoms with E-state index in [1.54, 1.807) is 24.3 Å². The molecule has 1 aliphatic rings. The number of methoxy groups -OCH3 is 1. The van der Waals surface area contributed by atoms with E-state index in [0.29, 0.717) is 23.3 Å². The predicted octanol–water partition coefficient (Wildman–Crippen LogP) is 5.33. The molecule has 3 rings (SSSR count).